The third kappa shape index (κ3) is 6.02. The van der Waals surface area contributed by atoms with Crippen LogP contribution in [0.4, 0.5) is 5.69 Å². The number of hydrogen-bond donors (Lipinski definition) is 0. The van der Waals surface area contributed by atoms with Gasteiger partial charge in [-0.25, -0.2) is 0 Å². The lowest BCUT2D eigenvalue weighted by atomic mass is 10.2. The Balaban J connectivity index is 1.40. The number of carbonyl (C=O) groups excluding carboxylic acids is 1. The largest absolute Gasteiger partial charge is 0.495 e. The van der Waals surface area contributed by atoms with Gasteiger partial charge in [0.25, 0.3) is 0 Å². The number of amides is 1. The highest BCUT2D eigenvalue weighted by Crippen LogP contribution is 2.28. The van der Waals surface area contributed by atoms with E-state index < -0.39 is 0 Å². The van der Waals surface area contributed by atoms with Crippen LogP contribution in [0, 0.1) is 0 Å². The maximum Gasteiger partial charge on any atom is 0.236 e. The van der Waals surface area contributed by atoms with Gasteiger partial charge in [0.2, 0.25) is 5.91 Å². The number of nitrogens with zero attached hydrogens (tertiary/aromatic N) is 3. The average Bonchev–Trinajstić information content (AvgIpc) is 2.75. The molecule has 29 heavy (non-hydrogen) atoms. The monoisotopic (exact) mass is 417 g/mol. The molecule has 0 saturated carbocycles. The zero-order valence-electron chi connectivity index (χ0n) is 17.0. The Hall–Kier alpha value is -2.44. The summed E-state index contributed by atoms with van der Waals surface area (Å²) in [5.74, 6) is 1.80. The fourth-order valence-corrected chi connectivity index (χ4v) is 3.47. The predicted octanol–water partition coefficient (Wildman–Crippen LogP) is 3.01. The minimum absolute atomic E-state index is 0.152. The van der Waals surface area contributed by atoms with Crippen molar-refractivity contribution < 1.29 is 14.3 Å². The summed E-state index contributed by atoms with van der Waals surface area (Å²) in [5, 5.41) is 0.686. The zero-order chi connectivity index (χ0) is 20.6. The van der Waals surface area contributed by atoms with Crippen molar-refractivity contribution >= 4 is 23.2 Å². The lowest BCUT2D eigenvalue weighted by Crippen LogP contribution is -2.51. The number of halogens is 1. The Morgan fingerprint density at radius 1 is 1.07 bits per heavy atom. The van der Waals surface area contributed by atoms with Gasteiger partial charge >= 0.3 is 0 Å². The van der Waals surface area contributed by atoms with Crippen molar-refractivity contribution in [2.75, 3.05) is 64.9 Å². The second kappa shape index (κ2) is 10.4. The summed E-state index contributed by atoms with van der Waals surface area (Å²) in [7, 11) is 3.62. The fourth-order valence-electron chi connectivity index (χ4n) is 3.35. The first-order valence-corrected chi connectivity index (χ1v) is 10.2. The zero-order valence-corrected chi connectivity index (χ0v) is 17.8. The van der Waals surface area contributed by atoms with Gasteiger partial charge in [0.05, 0.1) is 19.3 Å². The van der Waals surface area contributed by atoms with Crippen molar-refractivity contribution in [3.8, 4) is 11.5 Å². The summed E-state index contributed by atoms with van der Waals surface area (Å²) in [5.41, 5.74) is 1.08. The second-order valence-corrected chi connectivity index (χ2v) is 7.52. The summed E-state index contributed by atoms with van der Waals surface area (Å²) < 4.78 is 11.2. The van der Waals surface area contributed by atoms with Crippen LogP contribution in [0.1, 0.15) is 0 Å². The van der Waals surface area contributed by atoms with E-state index in [0.29, 0.717) is 37.8 Å². The molecule has 0 N–H and O–H groups in total. The molecule has 1 aliphatic rings. The van der Waals surface area contributed by atoms with E-state index in [1.165, 1.54) is 0 Å². The van der Waals surface area contributed by atoms with Crippen molar-refractivity contribution in [3.05, 3.63) is 53.6 Å². The number of carbonyl (C=O) groups is 1. The van der Waals surface area contributed by atoms with Crippen LogP contribution >= 0.6 is 11.6 Å². The van der Waals surface area contributed by atoms with Gasteiger partial charge in [0, 0.05) is 37.7 Å². The highest BCUT2D eigenvalue weighted by Gasteiger charge is 2.23. The average molecular weight is 418 g/mol. The van der Waals surface area contributed by atoms with Gasteiger partial charge in [0.1, 0.15) is 18.1 Å². The van der Waals surface area contributed by atoms with E-state index in [-0.39, 0.29) is 5.91 Å². The van der Waals surface area contributed by atoms with Gasteiger partial charge in [-0.05, 0) is 43.4 Å². The Kier molecular flexibility index (Phi) is 7.61. The molecule has 1 heterocycles. The normalized spacial score (nSPS) is 14.2. The van der Waals surface area contributed by atoms with Crippen molar-refractivity contribution in [2.45, 2.75) is 0 Å². The minimum atomic E-state index is 0.152. The van der Waals surface area contributed by atoms with Gasteiger partial charge in [-0.2, -0.15) is 0 Å². The molecular formula is C22H28ClN3O3. The smallest absolute Gasteiger partial charge is 0.236 e. The van der Waals surface area contributed by atoms with Crippen LogP contribution in [0.15, 0.2) is 48.5 Å². The molecular weight excluding hydrogens is 390 g/mol. The van der Waals surface area contributed by atoms with E-state index >= 15 is 0 Å². The lowest BCUT2D eigenvalue weighted by Gasteiger charge is -2.37. The molecule has 0 spiro atoms. The molecule has 7 heteroatoms. The Morgan fingerprint density at radius 2 is 1.76 bits per heavy atom. The Bertz CT molecular complexity index is 792. The third-order valence-electron chi connectivity index (χ3n) is 5.02. The van der Waals surface area contributed by atoms with Gasteiger partial charge in [-0.1, -0.05) is 23.7 Å². The summed E-state index contributed by atoms with van der Waals surface area (Å²) in [6.45, 7) is 4.62. The molecule has 156 valence electrons. The summed E-state index contributed by atoms with van der Waals surface area (Å²) in [4.78, 5) is 18.8. The number of methoxy groups -OCH3 is 1. The van der Waals surface area contributed by atoms with E-state index in [4.69, 9.17) is 21.1 Å². The quantitative estimate of drug-likeness (QED) is 0.660. The van der Waals surface area contributed by atoms with Gasteiger partial charge in [-0.15, -0.1) is 0 Å². The first-order valence-electron chi connectivity index (χ1n) is 9.79. The van der Waals surface area contributed by atoms with E-state index in [2.05, 4.69) is 11.0 Å². The van der Waals surface area contributed by atoms with Crippen LogP contribution in [0.5, 0.6) is 11.5 Å². The van der Waals surface area contributed by atoms with Crippen molar-refractivity contribution in [1.82, 2.24) is 9.80 Å². The Labute approximate surface area is 177 Å². The van der Waals surface area contributed by atoms with Crippen LogP contribution in [0.3, 0.4) is 0 Å². The molecule has 1 fully saturated rings. The fraction of sp³-hybridized carbons (Fsp3) is 0.409. The van der Waals surface area contributed by atoms with Crippen molar-refractivity contribution in [3.63, 3.8) is 0 Å². The number of piperazine rings is 1. The number of benzene rings is 2. The molecule has 2 aromatic rings. The molecule has 1 amide bonds. The van der Waals surface area contributed by atoms with Crippen LogP contribution in [-0.2, 0) is 4.79 Å². The SMILES string of the molecule is COc1ccccc1N1CCN(C(=O)CN(C)CCOc2ccc(Cl)cc2)CC1. The molecule has 2 aromatic carbocycles. The molecule has 1 aliphatic heterocycles. The highest BCUT2D eigenvalue weighted by molar-refractivity contribution is 6.30. The number of para-hydroxylation sites is 2. The summed E-state index contributed by atoms with van der Waals surface area (Å²) in [6.07, 6.45) is 0. The molecule has 0 radical (unpaired) electrons. The third-order valence-corrected chi connectivity index (χ3v) is 5.27. The van der Waals surface area contributed by atoms with Gasteiger partial charge in [0.15, 0.2) is 0 Å². The van der Waals surface area contributed by atoms with E-state index in [0.717, 1.165) is 30.3 Å². The number of rotatable bonds is 8. The van der Waals surface area contributed by atoms with Crippen molar-refractivity contribution in [2.24, 2.45) is 0 Å². The summed E-state index contributed by atoms with van der Waals surface area (Å²) in [6, 6.07) is 15.3. The van der Waals surface area contributed by atoms with Crippen LogP contribution in [-0.4, -0.2) is 75.7 Å². The van der Waals surface area contributed by atoms with Crippen LogP contribution < -0.4 is 14.4 Å². The molecule has 0 atom stereocenters. The maximum atomic E-state index is 12.6. The molecule has 1 saturated heterocycles. The molecule has 0 bridgehead atoms. The molecule has 0 aromatic heterocycles. The lowest BCUT2D eigenvalue weighted by molar-refractivity contribution is -0.132. The van der Waals surface area contributed by atoms with Crippen LogP contribution in [0.25, 0.3) is 0 Å². The molecule has 0 aliphatic carbocycles. The highest BCUT2D eigenvalue weighted by atomic mass is 35.5. The molecule has 6 nitrogen and oxygen atoms in total. The first kappa shape index (κ1) is 21.3. The van der Waals surface area contributed by atoms with E-state index in [1.54, 1.807) is 19.2 Å². The van der Waals surface area contributed by atoms with E-state index in [1.807, 2.05) is 47.2 Å². The molecule has 0 unspecified atom stereocenters. The van der Waals surface area contributed by atoms with Crippen molar-refractivity contribution in [1.29, 1.82) is 0 Å². The number of anilines is 1. The second-order valence-electron chi connectivity index (χ2n) is 7.08. The standard InChI is InChI=1S/C22H28ClN3O3/c1-24(15-16-29-19-9-7-18(23)8-10-19)17-22(27)26-13-11-25(12-14-26)20-5-3-4-6-21(20)28-2/h3-10H,11-17H2,1-2H3. The first-order chi connectivity index (χ1) is 14.1. The number of ether oxygens (including phenoxy) is 2. The number of likely N-dealkylation sites (N-methyl/N-ethyl adjacent to an activating group) is 1. The summed E-state index contributed by atoms with van der Waals surface area (Å²) >= 11 is 5.87. The van der Waals surface area contributed by atoms with E-state index in [9.17, 15) is 4.79 Å². The Morgan fingerprint density at radius 3 is 2.45 bits per heavy atom. The van der Waals surface area contributed by atoms with Gasteiger partial charge in [-0.3, -0.25) is 9.69 Å². The van der Waals surface area contributed by atoms with Gasteiger partial charge < -0.3 is 19.3 Å². The molecule has 3 rings (SSSR count). The maximum absolute atomic E-state index is 12.6. The minimum Gasteiger partial charge on any atom is -0.495 e. The topological polar surface area (TPSA) is 45.2 Å². The predicted molar refractivity (Wildman–Crippen MR) is 116 cm³/mol. The number of hydrogen-bond acceptors (Lipinski definition) is 5. The van der Waals surface area contributed by atoms with Crippen LogP contribution in [0.2, 0.25) is 5.02 Å².